The molecule has 4 rings (SSSR count). The second-order valence-corrected chi connectivity index (χ2v) is 14.0. The van der Waals surface area contributed by atoms with Gasteiger partial charge in [-0.25, -0.2) is 0 Å². The third kappa shape index (κ3) is 7.87. The largest absolute Gasteiger partial charge is 0.390 e. The summed E-state index contributed by atoms with van der Waals surface area (Å²) < 4.78 is 17.1. The smallest absolute Gasteiger partial charge is 0.157 e. The maximum absolute atomic E-state index is 10.9. The molecule has 228 valence electrons. The van der Waals surface area contributed by atoms with E-state index in [9.17, 15) is 15.3 Å². The van der Waals surface area contributed by atoms with Crippen LogP contribution < -0.4 is 0 Å². The Kier molecular flexibility index (Phi) is 11.1. The minimum Gasteiger partial charge on any atom is -0.390 e. The summed E-state index contributed by atoms with van der Waals surface area (Å²) in [5, 5.41) is 31.9. The Morgan fingerprint density at radius 1 is 1.10 bits per heavy atom. The molecule has 1 heterocycles. The van der Waals surface area contributed by atoms with Crippen LogP contribution in [0.1, 0.15) is 105 Å². The normalized spacial score (nSPS) is 37.8. The minimum atomic E-state index is -0.912. The molecule has 3 aliphatic carbocycles. The van der Waals surface area contributed by atoms with Gasteiger partial charge in [-0.2, -0.15) is 0 Å². The van der Waals surface area contributed by atoms with Crippen molar-refractivity contribution in [2.45, 2.75) is 135 Å². The Labute approximate surface area is 242 Å². The average molecular weight is 561 g/mol. The molecule has 6 nitrogen and oxygen atoms in total. The van der Waals surface area contributed by atoms with Crippen molar-refractivity contribution in [3.05, 3.63) is 35.5 Å². The quantitative estimate of drug-likeness (QED) is 0.245. The molecule has 1 unspecified atom stereocenters. The molecule has 8 atom stereocenters. The fourth-order valence-electron chi connectivity index (χ4n) is 8.10. The highest BCUT2D eigenvalue weighted by molar-refractivity contribution is 5.40. The maximum Gasteiger partial charge on any atom is 0.157 e. The van der Waals surface area contributed by atoms with Gasteiger partial charge in [0.15, 0.2) is 6.29 Å². The fourth-order valence-corrected chi connectivity index (χ4v) is 8.10. The predicted octanol–water partition coefficient (Wildman–Crippen LogP) is 6.24. The van der Waals surface area contributed by atoms with Gasteiger partial charge in [0.25, 0.3) is 0 Å². The van der Waals surface area contributed by atoms with Crippen LogP contribution in [0, 0.1) is 23.2 Å². The first-order valence-electron chi connectivity index (χ1n) is 16.0. The van der Waals surface area contributed by atoms with Crippen LogP contribution in [0.2, 0.25) is 0 Å². The molecule has 0 aromatic rings. The number of rotatable bonds is 12. The van der Waals surface area contributed by atoms with Crippen LogP contribution in [0.3, 0.4) is 0 Å². The van der Waals surface area contributed by atoms with E-state index in [2.05, 4.69) is 32.6 Å². The van der Waals surface area contributed by atoms with Gasteiger partial charge >= 0.3 is 0 Å². The van der Waals surface area contributed by atoms with Crippen molar-refractivity contribution >= 4 is 0 Å². The summed E-state index contributed by atoms with van der Waals surface area (Å²) in [6.07, 6.45) is 14.4. The van der Waals surface area contributed by atoms with Gasteiger partial charge in [-0.3, -0.25) is 0 Å². The third-order valence-corrected chi connectivity index (χ3v) is 10.4. The van der Waals surface area contributed by atoms with Gasteiger partial charge in [0.05, 0.1) is 18.3 Å². The zero-order valence-corrected chi connectivity index (χ0v) is 25.6. The number of ether oxygens (including phenoxy) is 3. The second kappa shape index (κ2) is 14.0. The summed E-state index contributed by atoms with van der Waals surface area (Å²) >= 11 is 0. The molecule has 1 saturated heterocycles. The van der Waals surface area contributed by atoms with Gasteiger partial charge < -0.3 is 29.5 Å². The molecule has 0 amide bonds. The average Bonchev–Trinajstić information content (AvgIpc) is 3.53. The summed E-state index contributed by atoms with van der Waals surface area (Å²) in [5.41, 5.74) is 2.85. The van der Waals surface area contributed by atoms with Crippen molar-refractivity contribution < 1.29 is 29.5 Å². The zero-order valence-electron chi connectivity index (χ0n) is 25.6. The highest BCUT2D eigenvalue weighted by atomic mass is 16.7. The molecular formula is C34H56O6. The van der Waals surface area contributed by atoms with Crippen molar-refractivity contribution in [1.82, 2.24) is 0 Å². The lowest BCUT2D eigenvalue weighted by Gasteiger charge is -2.44. The monoisotopic (exact) mass is 560 g/mol. The first kappa shape index (κ1) is 31.9. The Morgan fingerprint density at radius 2 is 1.88 bits per heavy atom. The number of aliphatic hydroxyl groups is 3. The van der Waals surface area contributed by atoms with Gasteiger partial charge in [-0.05, 0) is 99.5 Å². The van der Waals surface area contributed by atoms with Crippen molar-refractivity contribution in [2.75, 3.05) is 19.8 Å². The maximum atomic E-state index is 10.9. The van der Waals surface area contributed by atoms with Crippen molar-refractivity contribution in [3.8, 4) is 0 Å². The lowest BCUT2D eigenvalue weighted by Crippen LogP contribution is -2.45. The summed E-state index contributed by atoms with van der Waals surface area (Å²) in [6.45, 7) is 14.7. The van der Waals surface area contributed by atoms with Crippen molar-refractivity contribution in [1.29, 1.82) is 0 Å². The summed E-state index contributed by atoms with van der Waals surface area (Å²) in [5.74, 6) is 1.98. The number of aliphatic hydroxyl groups excluding tert-OH is 2. The summed E-state index contributed by atoms with van der Waals surface area (Å²) in [6, 6.07) is 0. The molecule has 0 aromatic heterocycles. The Bertz CT molecular complexity index is 897. The molecule has 40 heavy (non-hydrogen) atoms. The number of allylic oxidation sites excluding steroid dienone is 3. The van der Waals surface area contributed by atoms with Crippen LogP contribution in [-0.2, 0) is 14.2 Å². The number of fused-ring (bicyclic) bond motifs is 1. The van der Waals surface area contributed by atoms with Crippen LogP contribution >= 0.6 is 0 Å². The summed E-state index contributed by atoms with van der Waals surface area (Å²) in [4.78, 5) is 0. The van der Waals surface area contributed by atoms with Gasteiger partial charge in [0.2, 0.25) is 0 Å². The highest BCUT2D eigenvalue weighted by Gasteiger charge is 2.50. The molecule has 0 aromatic carbocycles. The molecule has 4 aliphatic rings. The van der Waals surface area contributed by atoms with E-state index < -0.39 is 23.9 Å². The Morgan fingerprint density at radius 3 is 2.60 bits per heavy atom. The van der Waals surface area contributed by atoms with E-state index in [1.807, 2.05) is 13.8 Å². The Balaban J connectivity index is 1.31. The van der Waals surface area contributed by atoms with E-state index in [1.165, 1.54) is 37.7 Å². The molecule has 0 bridgehead atoms. The van der Waals surface area contributed by atoms with Crippen molar-refractivity contribution in [3.63, 3.8) is 0 Å². The van der Waals surface area contributed by atoms with Crippen LogP contribution in [0.4, 0.5) is 0 Å². The standard InChI is InChI=1S/C34H56O6/c1-23(10-6-17-33(3,4)37)27-15-16-28-25(11-7-18-34(27,28)5)13-14-26-22-29(35)32(31(36)24(26)2)40-21-9-20-39-30-12-8-19-38-30/h13-14,23,27-32,35-37H,2,6-12,15-22H2,1,3-5H3/b25-13+,26-14-/t23-,27-,28+,29-,30?,31-,32-,34-/m1/s1. The molecule has 3 saturated carbocycles. The van der Waals surface area contributed by atoms with E-state index in [-0.39, 0.29) is 6.29 Å². The topological polar surface area (TPSA) is 88.4 Å². The first-order valence-corrected chi connectivity index (χ1v) is 16.0. The van der Waals surface area contributed by atoms with E-state index >= 15 is 0 Å². The number of hydrogen-bond donors (Lipinski definition) is 3. The second-order valence-electron chi connectivity index (χ2n) is 14.0. The van der Waals surface area contributed by atoms with Gasteiger partial charge in [0.1, 0.15) is 12.2 Å². The lowest BCUT2D eigenvalue weighted by molar-refractivity contribution is -0.124. The predicted molar refractivity (Wildman–Crippen MR) is 159 cm³/mol. The van der Waals surface area contributed by atoms with Gasteiger partial charge in [-0.1, -0.05) is 51.0 Å². The van der Waals surface area contributed by atoms with Crippen LogP contribution in [0.15, 0.2) is 35.5 Å². The first-order chi connectivity index (χ1) is 19.0. The van der Waals surface area contributed by atoms with E-state index in [0.717, 1.165) is 50.2 Å². The zero-order chi connectivity index (χ0) is 28.9. The van der Waals surface area contributed by atoms with E-state index in [0.29, 0.717) is 48.9 Å². The van der Waals surface area contributed by atoms with E-state index in [4.69, 9.17) is 14.2 Å². The van der Waals surface area contributed by atoms with Crippen LogP contribution in [-0.4, -0.2) is 65.3 Å². The molecule has 4 fully saturated rings. The van der Waals surface area contributed by atoms with Crippen molar-refractivity contribution in [2.24, 2.45) is 23.2 Å². The lowest BCUT2D eigenvalue weighted by atomic mass is 9.60. The highest BCUT2D eigenvalue weighted by Crippen LogP contribution is 2.60. The molecule has 1 aliphatic heterocycles. The number of hydrogen-bond acceptors (Lipinski definition) is 6. The van der Waals surface area contributed by atoms with Gasteiger partial charge in [-0.15, -0.1) is 0 Å². The van der Waals surface area contributed by atoms with Crippen LogP contribution in [0.25, 0.3) is 0 Å². The minimum absolute atomic E-state index is 0.0995. The molecule has 3 N–H and O–H groups in total. The fraction of sp³-hybridized carbons (Fsp3) is 0.824. The third-order valence-electron chi connectivity index (χ3n) is 10.4. The molecule has 0 spiro atoms. The molecular weight excluding hydrogens is 504 g/mol. The SMILES string of the molecule is C=C1/C(=C\C=C2/CCC[C@]3(C)[C@@H]([C@H](C)CCCC(C)(C)O)CC[C@@H]23)C[C@@H](O)[C@@H](OCCCOC2CCCO2)[C@@H]1O. The summed E-state index contributed by atoms with van der Waals surface area (Å²) in [7, 11) is 0. The van der Waals surface area contributed by atoms with Gasteiger partial charge in [0, 0.05) is 26.1 Å². The molecule has 0 radical (unpaired) electrons. The van der Waals surface area contributed by atoms with Crippen LogP contribution in [0.5, 0.6) is 0 Å². The molecule has 6 heteroatoms. The Hall–Kier alpha value is -1.02. The van der Waals surface area contributed by atoms with E-state index in [1.54, 1.807) is 0 Å².